The largest absolute Gasteiger partial charge is 0.385 e. The molecule has 0 aromatic heterocycles. The zero-order valence-electron chi connectivity index (χ0n) is 20.0. The number of aliphatic hydroxyl groups is 1. The second-order valence-electron chi connectivity index (χ2n) is 9.29. The Kier molecular flexibility index (Phi) is 17.7. The summed E-state index contributed by atoms with van der Waals surface area (Å²) in [6, 6.07) is 0. The number of hydrogen-bond acceptors (Lipinski definition) is 4. The van der Waals surface area contributed by atoms with E-state index in [1.54, 1.807) is 0 Å². The molecule has 0 saturated carbocycles. The molecule has 1 N–H and O–H groups in total. The van der Waals surface area contributed by atoms with E-state index >= 15 is 0 Å². The standard InChI is InChI=1S/C26H50O4/c1-3-5-7-9-11-12-14-16-18-23(17-15-13-10-8-6-4-2)21-29-22-25-26(28)24(27)19-20-30-25/h23-25,27H,3-22H2,1-2H3. The Bertz CT molecular complexity index is 398. The van der Waals surface area contributed by atoms with Crippen LogP contribution in [0.5, 0.6) is 0 Å². The Labute approximate surface area is 186 Å². The Morgan fingerprint density at radius 1 is 0.867 bits per heavy atom. The molecule has 0 amide bonds. The van der Waals surface area contributed by atoms with Crippen LogP contribution in [0.3, 0.4) is 0 Å². The molecule has 0 radical (unpaired) electrons. The van der Waals surface area contributed by atoms with Crippen LogP contribution in [-0.4, -0.2) is 42.9 Å². The lowest BCUT2D eigenvalue weighted by Crippen LogP contribution is -2.43. The second kappa shape index (κ2) is 19.3. The highest BCUT2D eigenvalue weighted by Gasteiger charge is 2.30. The predicted octanol–water partition coefficient (Wildman–Crippen LogP) is 6.62. The van der Waals surface area contributed by atoms with Crippen molar-refractivity contribution < 1.29 is 19.4 Å². The summed E-state index contributed by atoms with van der Waals surface area (Å²) >= 11 is 0. The zero-order valence-corrected chi connectivity index (χ0v) is 20.0. The molecule has 1 saturated heterocycles. The average Bonchev–Trinajstić information content (AvgIpc) is 2.75. The van der Waals surface area contributed by atoms with Gasteiger partial charge in [0.15, 0.2) is 5.78 Å². The lowest BCUT2D eigenvalue weighted by molar-refractivity contribution is -0.153. The first-order valence-electron chi connectivity index (χ1n) is 13.1. The summed E-state index contributed by atoms with van der Waals surface area (Å²) in [6.07, 6.45) is 20.2. The van der Waals surface area contributed by atoms with Gasteiger partial charge in [0.25, 0.3) is 0 Å². The van der Waals surface area contributed by atoms with E-state index in [9.17, 15) is 9.90 Å². The van der Waals surface area contributed by atoms with Gasteiger partial charge in [-0.05, 0) is 18.8 Å². The third-order valence-electron chi connectivity index (χ3n) is 6.41. The highest BCUT2D eigenvalue weighted by Crippen LogP contribution is 2.20. The summed E-state index contributed by atoms with van der Waals surface area (Å²) in [4.78, 5) is 12.0. The molecule has 0 aromatic carbocycles. The molecule has 3 unspecified atom stereocenters. The fourth-order valence-corrected chi connectivity index (χ4v) is 4.32. The minimum Gasteiger partial charge on any atom is -0.385 e. The van der Waals surface area contributed by atoms with Gasteiger partial charge in [0.1, 0.15) is 12.2 Å². The van der Waals surface area contributed by atoms with Crippen LogP contribution in [0, 0.1) is 5.92 Å². The van der Waals surface area contributed by atoms with Crippen LogP contribution in [0.25, 0.3) is 0 Å². The topological polar surface area (TPSA) is 55.8 Å². The van der Waals surface area contributed by atoms with E-state index in [4.69, 9.17) is 9.47 Å². The third kappa shape index (κ3) is 13.8. The van der Waals surface area contributed by atoms with Crippen LogP contribution < -0.4 is 0 Å². The van der Waals surface area contributed by atoms with E-state index in [0.717, 1.165) is 0 Å². The van der Waals surface area contributed by atoms with Crippen molar-refractivity contribution in [3.63, 3.8) is 0 Å². The molecule has 4 nitrogen and oxygen atoms in total. The van der Waals surface area contributed by atoms with Crippen LogP contribution in [0.1, 0.15) is 123 Å². The van der Waals surface area contributed by atoms with Gasteiger partial charge < -0.3 is 14.6 Å². The Morgan fingerprint density at radius 3 is 1.90 bits per heavy atom. The van der Waals surface area contributed by atoms with Gasteiger partial charge in [0.2, 0.25) is 0 Å². The fraction of sp³-hybridized carbons (Fsp3) is 0.962. The first kappa shape index (κ1) is 27.6. The van der Waals surface area contributed by atoms with Crippen LogP contribution in [0.4, 0.5) is 0 Å². The minimum absolute atomic E-state index is 0.211. The van der Waals surface area contributed by atoms with Gasteiger partial charge in [0.05, 0.1) is 13.2 Å². The van der Waals surface area contributed by atoms with E-state index in [2.05, 4.69) is 13.8 Å². The number of aliphatic hydroxyl groups excluding tert-OH is 1. The normalized spacial score (nSPS) is 20.6. The van der Waals surface area contributed by atoms with E-state index in [-0.39, 0.29) is 5.78 Å². The monoisotopic (exact) mass is 426 g/mol. The Hall–Kier alpha value is -0.450. The summed E-state index contributed by atoms with van der Waals surface area (Å²) in [5, 5.41) is 9.71. The van der Waals surface area contributed by atoms with Crippen LogP contribution in [0.2, 0.25) is 0 Å². The second-order valence-corrected chi connectivity index (χ2v) is 9.29. The lowest BCUT2D eigenvalue weighted by Gasteiger charge is -2.26. The van der Waals surface area contributed by atoms with E-state index < -0.39 is 12.2 Å². The van der Waals surface area contributed by atoms with Gasteiger partial charge in [-0.1, -0.05) is 104 Å². The first-order valence-corrected chi connectivity index (χ1v) is 13.1. The molecular formula is C26H50O4. The lowest BCUT2D eigenvalue weighted by atomic mass is 9.94. The highest BCUT2D eigenvalue weighted by atomic mass is 16.5. The quantitative estimate of drug-likeness (QED) is 0.222. The molecule has 1 heterocycles. The van der Waals surface area contributed by atoms with Gasteiger partial charge in [0, 0.05) is 13.0 Å². The maximum atomic E-state index is 12.0. The number of Topliss-reactive ketones (excluding diaryl/α,β-unsaturated/α-hetero) is 1. The van der Waals surface area contributed by atoms with Gasteiger partial charge in [-0.25, -0.2) is 0 Å². The van der Waals surface area contributed by atoms with Crippen molar-refractivity contribution in [1.29, 1.82) is 0 Å². The summed E-state index contributed by atoms with van der Waals surface area (Å²) in [5.41, 5.74) is 0. The van der Waals surface area contributed by atoms with Crippen LogP contribution >= 0.6 is 0 Å². The molecule has 1 fully saturated rings. The smallest absolute Gasteiger partial charge is 0.192 e. The fourth-order valence-electron chi connectivity index (χ4n) is 4.32. The zero-order chi connectivity index (χ0) is 21.9. The van der Waals surface area contributed by atoms with Gasteiger partial charge in [-0.3, -0.25) is 4.79 Å². The van der Waals surface area contributed by atoms with Crippen molar-refractivity contribution in [3.8, 4) is 0 Å². The van der Waals surface area contributed by atoms with Crippen molar-refractivity contribution >= 4 is 5.78 Å². The molecule has 0 spiro atoms. The van der Waals surface area contributed by atoms with Crippen molar-refractivity contribution in [2.45, 2.75) is 135 Å². The summed E-state index contributed by atoms with van der Waals surface area (Å²) in [5.74, 6) is 0.372. The molecule has 1 rings (SSSR count). The maximum absolute atomic E-state index is 12.0. The van der Waals surface area contributed by atoms with Crippen LogP contribution in [-0.2, 0) is 14.3 Å². The van der Waals surface area contributed by atoms with Crippen molar-refractivity contribution in [1.82, 2.24) is 0 Å². The molecule has 1 aliphatic heterocycles. The first-order chi connectivity index (χ1) is 14.7. The van der Waals surface area contributed by atoms with Gasteiger partial charge >= 0.3 is 0 Å². The van der Waals surface area contributed by atoms with Crippen LogP contribution in [0.15, 0.2) is 0 Å². The SMILES string of the molecule is CCCCCCCCCCC(CCCCCCCC)COCC1OCCC(O)C1=O. The van der Waals surface area contributed by atoms with E-state index in [1.165, 1.54) is 103 Å². The molecule has 0 aromatic rings. The van der Waals surface area contributed by atoms with E-state index in [1.807, 2.05) is 0 Å². The molecule has 1 aliphatic rings. The highest BCUT2D eigenvalue weighted by molar-refractivity contribution is 5.87. The molecule has 0 bridgehead atoms. The number of carbonyl (C=O) groups excluding carboxylic acids is 1. The Balaban J connectivity index is 2.23. The molecule has 30 heavy (non-hydrogen) atoms. The van der Waals surface area contributed by atoms with Gasteiger partial charge in [-0.15, -0.1) is 0 Å². The summed E-state index contributed by atoms with van der Waals surface area (Å²) < 4.78 is 11.4. The number of unbranched alkanes of at least 4 members (excludes halogenated alkanes) is 12. The molecule has 3 atom stereocenters. The average molecular weight is 427 g/mol. The summed E-state index contributed by atoms with van der Waals surface area (Å²) in [7, 11) is 0. The molecular weight excluding hydrogens is 376 g/mol. The summed E-state index contributed by atoms with van der Waals surface area (Å²) in [6.45, 7) is 5.98. The molecule has 4 heteroatoms. The number of carbonyl (C=O) groups is 1. The number of ketones is 1. The maximum Gasteiger partial charge on any atom is 0.192 e. The van der Waals surface area contributed by atoms with Crippen molar-refractivity contribution in [2.75, 3.05) is 19.8 Å². The van der Waals surface area contributed by atoms with Gasteiger partial charge in [-0.2, -0.15) is 0 Å². The Morgan fingerprint density at radius 2 is 1.37 bits per heavy atom. The minimum atomic E-state index is -0.872. The number of rotatable bonds is 20. The molecule has 178 valence electrons. The van der Waals surface area contributed by atoms with E-state index in [0.29, 0.717) is 32.2 Å². The van der Waals surface area contributed by atoms with Crippen molar-refractivity contribution in [2.24, 2.45) is 5.92 Å². The molecule has 0 aliphatic carbocycles. The number of hydrogen-bond donors (Lipinski definition) is 1. The predicted molar refractivity (Wildman–Crippen MR) is 125 cm³/mol. The number of ether oxygens (including phenoxy) is 2. The van der Waals surface area contributed by atoms with Crippen molar-refractivity contribution in [3.05, 3.63) is 0 Å². The third-order valence-corrected chi connectivity index (χ3v) is 6.41.